The van der Waals surface area contributed by atoms with E-state index in [0.717, 1.165) is 44.2 Å². The Hall–Kier alpha value is -2.14. The van der Waals surface area contributed by atoms with Crippen LogP contribution < -0.4 is 0 Å². The number of piperidine rings is 1. The van der Waals surface area contributed by atoms with Gasteiger partial charge in [0, 0.05) is 31.2 Å². The monoisotopic (exact) mass is 367 g/mol. The van der Waals surface area contributed by atoms with E-state index < -0.39 is 5.60 Å². The first-order chi connectivity index (χ1) is 13.1. The van der Waals surface area contributed by atoms with Crippen LogP contribution in [0.25, 0.3) is 0 Å². The molecule has 1 aliphatic heterocycles. The molecule has 0 bridgehead atoms. The molecule has 1 N–H and O–H groups in total. The normalized spacial score (nSPS) is 28.0. The summed E-state index contributed by atoms with van der Waals surface area (Å²) in [4.78, 5) is 15.4. The molecule has 0 unspecified atom stereocenters. The van der Waals surface area contributed by atoms with Gasteiger partial charge in [0.15, 0.2) is 0 Å². The topological polar surface area (TPSA) is 58.4 Å². The van der Waals surface area contributed by atoms with Crippen LogP contribution in [0.4, 0.5) is 0 Å². The third kappa shape index (κ3) is 3.18. The molecule has 4 rings (SSSR count). The lowest BCUT2D eigenvalue weighted by molar-refractivity contribution is -0.110. The van der Waals surface area contributed by atoms with Crippen molar-refractivity contribution >= 4 is 5.91 Å². The van der Waals surface area contributed by atoms with Gasteiger partial charge in [0.05, 0.1) is 5.60 Å². The van der Waals surface area contributed by atoms with E-state index in [1.807, 2.05) is 46.0 Å². The number of aliphatic hydroxyl groups is 1. The van der Waals surface area contributed by atoms with Crippen molar-refractivity contribution in [2.45, 2.75) is 63.6 Å². The molecule has 144 valence electrons. The lowest BCUT2D eigenvalue weighted by Crippen LogP contribution is -2.59. The first-order valence-electron chi connectivity index (χ1n) is 10.3. The van der Waals surface area contributed by atoms with Gasteiger partial charge in [0.25, 0.3) is 5.91 Å². The van der Waals surface area contributed by atoms with Gasteiger partial charge in [-0.3, -0.25) is 9.48 Å². The maximum atomic E-state index is 13.3. The summed E-state index contributed by atoms with van der Waals surface area (Å²) < 4.78 is 1.82. The Morgan fingerprint density at radius 2 is 2.00 bits per heavy atom. The lowest BCUT2D eigenvalue weighted by Gasteiger charge is -2.52. The van der Waals surface area contributed by atoms with Gasteiger partial charge in [-0.05, 0) is 37.3 Å². The zero-order chi connectivity index (χ0) is 18.9. The van der Waals surface area contributed by atoms with Crippen molar-refractivity contribution in [2.24, 2.45) is 5.92 Å². The number of carbonyl (C=O) groups is 1. The second-order valence-corrected chi connectivity index (χ2v) is 7.94. The molecular formula is C22H29N3O2. The summed E-state index contributed by atoms with van der Waals surface area (Å²) in [6.07, 6.45) is 7.41. The van der Waals surface area contributed by atoms with Crippen molar-refractivity contribution in [1.82, 2.24) is 14.7 Å². The summed E-state index contributed by atoms with van der Waals surface area (Å²) in [5.74, 6) is 0.154. The minimum atomic E-state index is -0.840. The number of hydrogen-bond acceptors (Lipinski definition) is 3. The SMILES string of the molecule is CCCn1nccc1C(=O)N1CC[C@](O)(c2ccccc2)[C@@H]2CCCC[C@H]21. The molecule has 1 amide bonds. The van der Waals surface area contributed by atoms with Crippen LogP contribution in [0.5, 0.6) is 0 Å². The largest absolute Gasteiger partial charge is 0.385 e. The number of amides is 1. The molecule has 5 nitrogen and oxygen atoms in total. The third-order valence-electron chi connectivity index (χ3n) is 6.38. The molecule has 2 aliphatic rings. The van der Waals surface area contributed by atoms with E-state index in [4.69, 9.17) is 0 Å². The number of likely N-dealkylation sites (tertiary alicyclic amines) is 1. The molecule has 2 aromatic rings. The summed E-state index contributed by atoms with van der Waals surface area (Å²) >= 11 is 0. The van der Waals surface area contributed by atoms with E-state index in [0.29, 0.717) is 18.7 Å². The van der Waals surface area contributed by atoms with Gasteiger partial charge in [-0.25, -0.2) is 0 Å². The predicted octanol–water partition coefficient (Wildman–Crippen LogP) is 3.59. The molecule has 0 spiro atoms. The van der Waals surface area contributed by atoms with Gasteiger partial charge in [-0.15, -0.1) is 0 Å². The molecule has 1 aliphatic carbocycles. The summed E-state index contributed by atoms with van der Waals surface area (Å²) in [5.41, 5.74) is 0.823. The number of aromatic nitrogens is 2. The van der Waals surface area contributed by atoms with Gasteiger partial charge in [-0.2, -0.15) is 5.10 Å². The third-order valence-corrected chi connectivity index (χ3v) is 6.38. The van der Waals surface area contributed by atoms with E-state index in [-0.39, 0.29) is 17.9 Å². The number of benzene rings is 1. The van der Waals surface area contributed by atoms with Crippen molar-refractivity contribution < 1.29 is 9.90 Å². The van der Waals surface area contributed by atoms with Crippen LogP contribution in [0, 0.1) is 5.92 Å². The highest BCUT2D eigenvalue weighted by molar-refractivity contribution is 5.93. The van der Waals surface area contributed by atoms with E-state index in [2.05, 4.69) is 12.0 Å². The molecule has 27 heavy (non-hydrogen) atoms. The van der Waals surface area contributed by atoms with Gasteiger partial charge >= 0.3 is 0 Å². The summed E-state index contributed by atoms with van der Waals surface area (Å²) in [7, 11) is 0. The molecule has 2 heterocycles. The highest BCUT2D eigenvalue weighted by Crippen LogP contribution is 2.47. The number of aryl methyl sites for hydroxylation is 1. The number of nitrogens with zero attached hydrogens (tertiary/aromatic N) is 3. The fourth-order valence-corrected chi connectivity index (χ4v) is 5.07. The second-order valence-electron chi connectivity index (χ2n) is 7.94. The second kappa shape index (κ2) is 7.47. The van der Waals surface area contributed by atoms with Crippen LogP contribution in [0.15, 0.2) is 42.6 Å². The Bertz CT molecular complexity index is 788. The molecule has 1 aromatic heterocycles. The van der Waals surface area contributed by atoms with Gasteiger partial charge in [0.1, 0.15) is 5.69 Å². The van der Waals surface area contributed by atoms with Crippen LogP contribution in [0.2, 0.25) is 0 Å². The Balaban J connectivity index is 1.64. The Morgan fingerprint density at radius 3 is 2.78 bits per heavy atom. The van der Waals surface area contributed by atoms with Crippen molar-refractivity contribution in [3.63, 3.8) is 0 Å². The molecular weight excluding hydrogens is 338 g/mol. The minimum Gasteiger partial charge on any atom is -0.385 e. The van der Waals surface area contributed by atoms with Crippen LogP contribution in [0.3, 0.4) is 0 Å². The number of carbonyl (C=O) groups excluding carboxylic acids is 1. The summed E-state index contributed by atoms with van der Waals surface area (Å²) in [6, 6.07) is 11.9. The van der Waals surface area contributed by atoms with Gasteiger partial charge in [0.2, 0.25) is 0 Å². The van der Waals surface area contributed by atoms with E-state index >= 15 is 0 Å². The average molecular weight is 367 g/mol. The minimum absolute atomic E-state index is 0.0629. The van der Waals surface area contributed by atoms with E-state index in [1.165, 1.54) is 0 Å². The van der Waals surface area contributed by atoms with E-state index in [1.54, 1.807) is 6.20 Å². The maximum Gasteiger partial charge on any atom is 0.272 e. The molecule has 0 radical (unpaired) electrons. The number of fused-ring (bicyclic) bond motifs is 1. The fraction of sp³-hybridized carbons (Fsp3) is 0.545. The van der Waals surface area contributed by atoms with Crippen molar-refractivity contribution in [2.75, 3.05) is 6.54 Å². The lowest BCUT2D eigenvalue weighted by atomic mass is 9.66. The van der Waals surface area contributed by atoms with Crippen molar-refractivity contribution in [3.05, 3.63) is 53.9 Å². The van der Waals surface area contributed by atoms with E-state index in [9.17, 15) is 9.90 Å². The van der Waals surface area contributed by atoms with Crippen molar-refractivity contribution in [1.29, 1.82) is 0 Å². The number of rotatable bonds is 4. The van der Waals surface area contributed by atoms with Gasteiger partial charge < -0.3 is 10.0 Å². The molecule has 1 aromatic carbocycles. The summed E-state index contributed by atoms with van der Waals surface area (Å²) in [6.45, 7) is 3.43. The highest BCUT2D eigenvalue weighted by atomic mass is 16.3. The molecule has 1 saturated heterocycles. The van der Waals surface area contributed by atoms with Crippen LogP contribution >= 0.6 is 0 Å². The summed E-state index contributed by atoms with van der Waals surface area (Å²) in [5, 5.41) is 16.0. The molecule has 3 atom stereocenters. The quantitative estimate of drug-likeness (QED) is 0.898. The standard InChI is InChI=1S/C22H29N3O2/c1-2-15-25-20(12-14-23-25)21(26)24-16-13-22(27,17-8-4-3-5-9-17)18-10-6-7-11-19(18)24/h3-5,8-9,12,14,18-19,27H,2,6-7,10-11,13,15-16H2,1H3/t18-,19-,22+/m1/s1. The predicted molar refractivity (Wildman–Crippen MR) is 104 cm³/mol. The average Bonchev–Trinajstić information content (AvgIpc) is 3.17. The number of hydrogen-bond donors (Lipinski definition) is 1. The fourth-order valence-electron chi connectivity index (χ4n) is 5.07. The Kier molecular flexibility index (Phi) is 5.04. The molecule has 2 fully saturated rings. The van der Waals surface area contributed by atoms with Gasteiger partial charge in [-0.1, -0.05) is 50.1 Å². The Labute approximate surface area is 161 Å². The van der Waals surface area contributed by atoms with Crippen LogP contribution in [-0.4, -0.2) is 38.3 Å². The van der Waals surface area contributed by atoms with Crippen molar-refractivity contribution in [3.8, 4) is 0 Å². The first-order valence-corrected chi connectivity index (χ1v) is 10.3. The van der Waals surface area contributed by atoms with Crippen LogP contribution in [0.1, 0.15) is 61.5 Å². The van der Waals surface area contributed by atoms with Crippen LogP contribution in [-0.2, 0) is 12.1 Å². The first kappa shape index (κ1) is 18.2. The smallest absolute Gasteiger partial charge is 0.272 e. The molecule has 1 saturated carbocycles. The highest BCUT2D eigenvalue weighted by Gasteiger charge is 2.50. The maximum absolute atomic E-state index is 13.3. The Morgan fingerprint density at radius 1 is 1.22 bits per heavy atom. The molecule has 5 heteroatoms. The zero-order valence-corrected chi connectivity index (χ0v) is 16.1. The zero-order valence-electron chi connectivity index (χ0n) is 16.1.